The van der Waals surface area contributed by atoms with Crippen LogP contribution in [0.3, 0.4) is 0 Å². The molecule has 88 valence electrons. The number of rotatable bonds is 7. The fraction of sp³-hybridized carbons (Fsp3) is 0.909. The second-order valence-corrected chi connectivity index (χ2v) is 4.04. The van der Waals surface area contributed by atoms with Gasteiger partial charge in [-0.05, 0) is 26.2 Å². The van der Waals surface area contributed by atoms with Crippen LogP contribution in [-0.2, 0) is 9.53 Å². The maximum atomic E-state index is 11.6. The summed E-state index contributed by atoms with van der Waals surface area (Å²) in [5.74, 6) is -0.169. The summed E-state index contributed by atoms with van der Waals surface area (Å²) in [5.41, 5.74) is 0. The van der Waals surface area contributed by atoms with Gasteiger partial charge in [-0.3, -0.25) is 9.69 Å². The van der Waals surface area contributed by atoms with Gasteiger partial charge in [0.25, 0.3) is 0 Å². The van der Waals surface area contributed by atoms with E-state index in [4.69, 9.17) is 9.84 Å². The first kappa shape index (κ1) is 12.5. The highest BCUT2D eigenvalue weighted by atomic mass is 16.5. The molecule has 0 aromatic carbocycles. The standard InChI is InChI=1S/C11H21NO3/c1-3-8-15-11(14)9(2)12(6-7-13)10-4-5-10/h9-10,13H,3-8H2,1-2H3. The number of ether oxygens (including phenoxy) is 1. The summed E-state index contributed by atoms with van der Waals surface area (Å²) < 4.78 is 5.10. The Balaban J connectivity index is 2.39. The second kappa shape index (κ2) is 6.08. The van der Waals surface area contributed by atoms with E-state index in [-0.39, 0.29) is 18.6 Å². The van der Waals surface area contributed by atoms with E-state index in [1.165, 1.54) is 0 Å². The van der Waals surface area contributed by atoms with Crippen LogP contribution in [0, 0.1) is 0 Å². The fourth-order valence-corrected chi connectivity index (χ4v) is 1.67. The Kier molecular flexibility index (Phi) is 5.05. The molecular weight excluding hydrogens is 194 g/mol. The molecule has 0 bridgehead atoms. The zero-order valence-electron chi connectivity index (χ0n) is 9.61. The van der Waals surface area contributed by atoms with Gasteiger partial charge >= 0.3 is 5.97 Å². The molecule has 1 aliphatic rings. The average Bonchev–Trinajstić information content (AvgIpc) is 3.05. The van der Waals surface area contributed by atoms with E-state index < -0.39 is 0 Å². The molecule has 0 heterocycles. The van der Waals surface area contributed by atoms with Crippen LogP contribution in [0.4, 0.5) is 0 Å². The van der Waals surface area contributed by atoms with Gasteiger partial charge in [-0.2, -0.15) is 0 Å². The number of hydrogen-bond donors (Lipinski definition) is 1. The Labute approximate surface area is 91.2 Å². The molecule has 0 aromatic heterocycles. The minimum Gasteiger partial charge on any atom is -0.465 e. The van der Waals surface area contributed by atoms with E-state index in [1.54, 1.807) is 0 Å². The maximum Gasteiger partial charge on any atom is 0.323 e. The van der Waals surface area contributed by atoms with Crippen molar-refractivity contribution in [2.24, 2.45) is 0 Å². The lowest BCUT2D eigenvalue weighted by Gasteiger charge is -2.26. The molecule has 4 nitrogen and oxygen atoms in total. The molecule has 0 radical (unpaired) electrons. The predicted octanol–water partition coefficient (Wildman–Crippen LogP) is 0.785. The quantitative estimate of drug-likeness (QED) is 0.638. The van der Waals surface area contributed by atoms with Crippen molar-refractivity contribution >= 4 is 5.97 Å². The predicted molar refractivity (Wildman–Crippen MR) is 57.5 cm³/mol. The molecule has 0 amide bonds. The van der Waals surface area contributed by atoms with Crippen molar-refractivity contribution in [3.63, 3.8) is 0 Å². The smallest absolute Gasteiger partial charge is 0.323 e. The van der Waals surface area contributed by atoms with Crippen molar-refractivity contribution in [1.82, 2.24) is 4.90 Å². The largest absolute Gasteiger partial charge is 0.465 e. The Morgan fingerprint density at radius 2 is 2.27 bits per heavy atom. The third-order valence-corrected chi connectivity index (χ3v) is 2.66. The van der Waals surface area contributed by atoms with Crippen molar-refractivity contribution < 1.29 is 14.6 Å². The highest BCUT2D eigenvalue weighted by Gasteiger charge is 2.35. The van der Waals surface area contributed by atoms with Gasteiger partial charge in [-0.1, -0.05) is 6.92 Å². The molecule has 1 atom stereocenters. The van der Waals surface area contributed by atoms with Crippen LogP contribution >= 0.6 is 0 Å². The number of carbonyl (C=O) groups is 1. The number of nitrogens with zero attached hydrogens (tertiary/aromatic N) is 1. The van der Waals surface area contributed by atoms with Gasteiger partial charge in [-0.25, -0.2) is 0 Å². The van der Waals surface area contributed by atoms with Gasteiger partial charge < -0.3 is 9.84 Å². The zero-order valence-corrected chi connectivity index (χ0v) is 9.61. The monoisotopic (exact) mass is 215 g/mol. The molecule has 0 spiro atoms. The molecule has 1 saturated carbocycles. The van der Waals surface area contributed by atoms with E-state index >= 15 is 0 Å². The van der Waals surface area contributed by atoms with E-state index in [9.17, 15) is 4.79 Å². The van der Waals surface area contributed by atoms with E-state index in [1.807, 2.05) is 18.7 Å². The van der Waals surface area contributed by atoms with Crippen molar-refractivity contribution in [2.45, 2.75) is 45.2 Å². The van der Waals surface area contributed by atoms with E-state index in [0.29, 0.717) is 19.2 Å². The van der Waals surface area contributed by atoms with E-state index in [0.717, 1.165) is 19.3 Å². The first-order chi connectivity index (χ1) is 7.20. The summed E-state index contributed by atoms with van der Waals surface area (Å²) in [6, 6.07) is 0.248. The highest BCUT2D eigenvalue weighted by Crippen LogP contribution is 2.28. The normalized spacial score (nSPS) is 17.9. The van der Waals surface area contributed by atoms with E-state index in [2.05, 4.69) is 0 Å². The number of hydrogen-bond acceptors (Lipinski definition) is 4. The first-order valence-corrected chi connectivity index (χ1v) is 5.74. The third-order valence-electron chi connectivity index (χ3n) is 2.66. The number of aliphatic hydroxyl groups excluding tert-OH is 1. The van der Waals surface area contributed by atoms with Crippen LogP contribution in [0.1, 0.15) is 33.1 Å². The fourth-order valence-electron chi connectivity index (χ4n) is 1.67. The number of carbonyl (C=O) groups excluding carboxylic acids is 1. The average molecular weight is 215 g/mol. The van der Waals surface area contributed by atoms with Crippen molar-refractivity contribution in [3.8, 4) is 0 Å². The highest BCUT2D eigenvalue weighted by molar-refractivity contribution is 5.75. The van der Waals surface area contributed by atoms with Gasteiger partial charge in [0.1, 0.15) is 6.04 Å². The molecule has 1 rings (SSSR count). The molecule has 1 fully saturated rings. The van der Waals surface area contributed by atoms with Gasteiger partial charge in [-0.15, -0.1) is 0 Å². The lowest BCUT2D eigenvalue weighted by molar-refractivity contribution is -0.149. The van der Waals surface area contributed by atoms with Crippen LogP contribution in [0.2, 0.25) is 0 Å². The summed E-state index contributed by atoms with van der Waals surface area (Å²) in [4.78, 5) is 13.6. The van der Waals surface area contributed by atoms with Gasteiger partial charge in [0, 0.05) is 12.6 Å². The van der Waals surface area contributed by atoms with Crippen molar-refractivity contribution in [2.75, 3.05) is 19.8 Å². The summed E-state index contributed by atoms with van der Waals surface area (Å²) in [7, 11) is 0. The summed E-state index contributed by atoms with van der Waals surface area (Å²) in [6.07, 6.45) is 3.11. The second-order valence-electron chi connectivity index (χ2n) is 4.04. The first-order valence-electron chi connectivity index (χ1n) is 5.74. The maximum absolute atomic E-state index is 11.6. The minimum absolute atomic E-state index is 0.0991. The molecule has 1 N–H and O–H groups in total. The van der Waals surface area contributed by atoms with Crippen LogP contribution < -0.4 is 0 Å². The Bertz CT molecular complexity index is 204. The molecule has 15 heavy (non-hydrogen) atoms. The lowest BCUT2D eigenvalue weighted by atomic mass is 10.2. The number of aliphatic hydroxyl groups is 1. The topological polar surface area (TPSA) is 49.8 Å². The molecule has 4 heteroatoms. The van der Waals surface area contributed by atoms with Crippen molar-refractivity contribution in [1.29, 1.82) is 0 Å². The SMILES string of the molecule is CCCOC(=O)C(C)N(CCO)C1CC1. The zero-order chi connectivity index (χ0) is 11.3. The van der Waals surface area contributed by atoms with Crippen LogP contribution in [0.15, 0.2) is 0 Å². The summed E-state index contributed by atoms with van der Waals surface area (Å²) in [5, 5.41) is 8.93. The molecule has 0 aromatic rings. The Morgan fingerprint density at radius 3 is 2.73 bits per heavy atom. The van der Waals surface area contributed by atoms with Gasteiger partial charge in [0.05, 0.1) is 13.2 Å². The third kappa shape index (κ3) is 3.80. The minimum atomic E-state index is -0.226. The summed E-state index contributed by atoms with van der Waals surface area (Å²) in [6.45, 7) is 4.98. The van der Waals surface area contributed by atoms with Gasteiger partial charge in [0.15, 0.2) is 0 Å². The van der Waals surface area contributed by atoms with Gasteiger partial charge in [0.2, 0.25) is 0 Å². The van der Waals surface area contributed by atoms with Crippen molar-refractivity contribution in [3.05, 3.63) is 0 Å². The Hall–Kier alpha value is -0.610. The molecule has 1 aliphatic carbocycles. The molecule has 0 aliphatic heterocycles. The molecular formula is C11H21NO3. The van der Waals surface area contributed by atoms with Crippen LogP contribution in [0.25, 0.3) is 0 Å². The molecule has 1 unspecified atom stereocenters. The van der Waals surface area contributed by atoms with Crippen LogP contribution in [-0.4, -0.2) is 47.8 Å². The number of esters is 1. The lowest BCUT2D eigenvalue weighted by Crippen LogP contribution is -2.43. The summed E-state index contributed by atoms with van der Waals surface area (Å²) >= 11 is 0. The Morgan fingerprint density at radius 1 is 1.60 bits per heavy atom. The van der Waals surface area contributed by atoms with Crippen LogP contribution in [0.5, 0.6) is 0 Å². The molecule has 0 saturated heterocycles.